The van der Waals surface area contributed by atoms with Crippen LogP contribution < -0.4 is 5.32 Å². The van der Waals surface area contributed by atoms with Crippen LogP contribution in [0, 0.1) is 5.82 Å². The number of carbonyl (C=O) groups is 1. The highest BCUT2D eigenvalue weighted by molar-refractivity contribution is 5.89. The van der Waals surface area contributed by atoms with Crippen molar-refractivity contribution in [3.05, 3.63) is 35.8 Å². The van der Waals surface area contributed by atoms with Crippen LogP contribution in [0.3, 0.4) is 0 Å². The third kappa shape index (κ3) is 2.69. The zero-order valence-corrected chi connectivity index (χ0v) is 11.4. The first kappa shape index (κ1) is 13.2. The van der Waals surface area contributed by atoms with Gasteiger partial charge in [-0.2, -0.15) is 0 Å². The molecule has 1 aliphatic rings. The molecule has 0 atom stereocenters. The average molecular weight is 274 g/mol. The van der Waals surface area contributed by atoms with Crippen molar-refractivity contribution in [3.63, 3.8) is 0 Å². The molecule has 0 saturated heterocycles. The van der Waals surface area contributed by atoms with Crippen LogP contribution in [0.4, 0.5) is 4.39 Å². The zero-order valence-electron chi connectivity index (χ0n) is 11.4. The lowest BCUT2D eigenvalue weighted by Crippen LogP contribution is -2.37. The highest BCUT2D eigenvalue weighted by Crippen LogP contribution is 2.22. The minimum atomic E-state index is -0.276. The summed E-state index contributed by atoms with van der Waals surface area (Å²) in [6.07, 6.45) is 7.86. The van der Waals surface area contributed by atoms with Crippen LogP contribution in [0.1, 0.15) is 37.7 Å². The Labute approximate surface area is 117 Å². The normalized spacial score (nSPS) is 16.4. The molecule has 0 radical (unpaired) electrons. The molecule has 1 aromatic carbocycles. The minimum Gasteiger partial charge on any atom is -0.359 e. The standard InChI is InChI=1S/C16H19FN2O/c17-14-8-4-7-13-11(10-18-16(13)14)9-15(20)19-12-5-2-1-3-6-12/h4,7-8,10,12,18H,1-3,5-6,9H2,(H,19,20). The maximum absolute atomic E-state index is 13.6. The van der Waals surface area contributed by atoms with E-state index < -0.39 is 0 Å². The molecule has 106 valence electrons. The minimum absolute atomic E-state index is 0.0297. The Balaban J connectivity index is 1.69. The number of hydrogen-bond donors (Lipinski definition) is 2. The molecule has 1 heterocycles. The van der Waals surface area contributed by atoms with Crippen molar-refractivity contribution in [1.29, 1.82) is 0 Å². The third-order valence-corrected chi connectivity index (χ3v) is 4.07. The van der Waals surface area contributed by atoms with E-state index in [1.807, 2.05) is 6.07 Å². The van der Waals surface area contributed by atoms with Gasteiger partial charge in [-0.3, -0.25) is 4.79 Å². The summed E-state index contributed by atoms with van der Waals surface area (Å²) in [5.41, 5.74) is 1.33. The number of fused-ring (bicyclic) bond motifs is 1. The number of H-pyrrole nitrogens is 1. The Morgan fingerprint density at radius 2 is 2.10 bits per heavy atom. The van der Waals surface area contributed by atoms with E-state index in [0.29, 0.717) is 18.0 Å². The SMILES string of the molecule is O=C(Cc1c[nH]c2c(F)cccc12)NC1CCCCC1. The molecule has 1 aliphatic carbocycles. The van der Waals surface area contributed by atoms with Gasteiger partial charge in [-0.15, -0.1) is 0 Å². The van der Waals surface area contributed by atoms with E-state index in [-0.39, 0.29) is 11.7 Å². The van der Waals surface area contributed by atoms with Crippen LogP contribution in [0.25, 0.3) is 10.9 Å². The molecule has 2 aromatic rings. The maximum atomic E-state index is 13.6. The van der Waals surface area contributed by atoms with Crippen molar-refractivity contribution in [2.45, 2.75) is 44.6 Å². The monoisotopic (exact) mass is 274 g/mol. The summed E-state index contributed by atoms with van der Waals surface area (Å²) in [5.74, 6) is -0.247. The average Bonchev–Trinajstić information content (AvgIpc) is 2.84. The first-order valence-corrected chi connectivity index (χ1v) is 7.28. The number of carbonyl (C=O) groups excluding carboxylic acids is 1. The molecule has 0 spiro atoms. The molecule has 3 rings (SSSR count). The predicted molar refractivity (Wildman–Crippen MR) is 77.0 cm³/mol. The molecule has 1 aromatic heterocycles. The number of halogens is 1. The summed E-state index contributed by atoms with van der Waals surface area (Å²) < 4.78 is 13.6. The fourth-order valence-corrected chi connectivity index (χ4v) is 3.02. The van der Waals surface area contributed by atoms with Gasteiger partial charge in [-0.1, -0.05) is 31.4 Å². The van der Waals surface area contributed by atoms with E-state index in [4.69, 9.17) is 0 Å². The second kappa shape index (κ2) is 5.65. The maximum Gasteiger partial charge on any atom is 0.224 e. The number of rotatable bonds is 3. The lowest BCUT2D eigenvalue weighted by molar-refractivity contribution is -0.121. The van der Waals surface area contributed by atoms with Crippen LogP contribution >= 0.6 is 0 Å². The van der Waals surface area contributed by atoms with Gasteiger partial charge in [-0.05, 0) is 24.5 Å². The largest absolute Gasteiger partial charge is 0.359 e. The third-order valence-electron chi connectivity index (χ3n) is 4.07. The van der Waals surface area contributed by atoms with Gasteiger partial charge in [0.25, 0.3) is 0 Å². The van der Waals surface area contributed by atoms with Gasteiger partial charge in [0.15, 0.2) is 0 Å². The van der Waals surface area contributed by atoms with Gasteiger partial charge < -0.3 is 10.3 Å². The Bertz CT molecular complexity index is 614. The molecule has 0 unspecified atom stereocenters. The summed E-state index contributed by atoms with van der Waals surface area (Å²) in [6.45, 7) is 0. The Kier molecular flexibility index (Phi) is 3.72. The molecule has 0 bridgehead atoms. The van der Waals surface area contributed by atoms with Gasteiger partial charge >= 0.3 is 0 Å². The van der Waals surface area contributed by atoms with E-state index in [1.54, 1.807) is 12.3 Å². The van der Waals surface area contributed by atoms with Crippen LogP contribution in [-0.2, 0) is 11.2 Å². The molecular weight excluding hydrogens is 255 g/mol. The first-order chi connectivity index (χ1) is 9.74. The highest BCUT2D eigenvalue weighted by atomic mass is 19.1. The molecule has 1 saturated carbocycles. The molecule has 1 amide bonds. The smallest absolute Gasteiger partial charge is 0.224 e. The highest BCUT2D eigenvalue weighted by Gasteiger charge is 2.17. The van der Waals surface area contributed by atoms with E-state index in [9.17, 15) is 9.18 Å². The molecule has 4 heteroatoms. The van der Waals surface area contributed by atoms with Crippen molar-refractivity contribution in [2.24, 2.45) is 0 Å². The number of aromatic amines is 1. The molecule has 0 aliphatic heterocycles. The summed E-state index contributed by atoms with van der Waals surface area (Å²) in [4.78, 5) is 15.0. The van der Waals surface area contributed by atoms with Gasteiger partial charge in [0.05, 0.1) is 11.9 Å². The Morgan fingerprint density at radius 1 is 1.30 bits per heavy atom. The number of amides is 1. The number of aromatic nitrogens is 1. The Morgan fingerprint density at radius 3 is 2.90 bits per heavy atom. The van der Waals surface area contributed by atoms with Crippen molar-refractivity contribution in [2.75, 3.05) is 0 Å². The number of hydrogen-bond acceptors (Lipinski definition) is 1. The molecule has 2 N–H and O–H groups in total. The summed E-state index contributed by atoms with van der Waals surface area (Å²) in [7, 11) is 0. The van der Waals surface area contributed by atoms with E-state index in [2.05, 4.69) is 10.3 Å². The lowest BCUT2D eigenvalue weighted by Gasteiger charge is -2.22. The molecule has 20 heavy (non-hydrogen) atoms. The van der Waals surface area contributed by atoms with Gasteiger partial charge in [0.2, 0.25) is 5.91 Å². The second-order valence-electron chi connectivity index (χ2n) is 5.56. The van der Waals surface area contributed by atoms with Crippen molar-refractivity contribution in [1.82, 2.24) is 10.3 Å². The van der Waals surface area contributed by atoms with Crippen molar-refractivity contribution >= 4 is 16.8 Å². The quantitative estimate of drug-likeness (QED) is 0.886. The van der Waals surface area contributed by atoms with Crippen LogP contribution in [0.2, 0.25) is 0 Å². The van der Waals surface area contributed by atoms with Crippen LogP contribution in [0.5, 0.6) is 0 Å². The number of benzene rings is 1. The fourth-order valence-electron chi connectivity index (χ4n) is 3.02. The zero-order chi connectivity index (χ0) is 13.9. The number of nitrogens with one attached hydrogen (secondary N) is 2. The van der Waals surface area contributed by atoms with Crippen molar-refractivity contribution < 1.29 is 9.18 Å². The first-order valence-electron chi connectivity index (χ1n) is 7.28. The van der Waals surface area contributed by atoms with Gasteiger partial charge in [0.1, 0.15) is 5.82 Å². The predicted octanol–water partition coefficient (Wildman–Crippen LogP) is 3.30. The molecular formula is C16H19FN2O. The summed E-state index contributed by atoms with van der Waals surface area (Å²) in [5, 5.41) is 3.89. The van der Waals surface area contributed by atoms with Gasteiger partial charge in [0, 0.05) is 17.6 Å². The topological polar surface area (TPSA) is 44.9 Å². The van der Waals surface area contributed by atoms with Crippen LogP contribution in [-0.4, -0.2) is 16.9 Å². The van der Waals surface area contributed by atoms with E-state index in [0.717, 1.165) is 23.8 Å². The molecule has 1 fully saturated rings. The van der Waals surface area contributed by atoms with Crippen molar-refractivity contribution in [3.8, 4) is 0 Å². The van der Waals surface area contributed by atoms with Gasteiger partial charge in [-0.25, -0.2) is 4.39 Å². The van der Waals surface area contributed by atoms with E-state index in [1.165, 1.54) is 25.3 Å². The lowest BCUT2D eigenvalue weighted by atomic mass is 9.95. The number of para-hydroxylation sites is 1. The second-order valence-corrected chi connectivity index (χ2v) is 5.56. The fraction of sp³-hybridized carbons (Fsp3) is 0.438. The Hall–Kier alpha value is -1.84. The molecule has 3 nitrogen and oxygen atoms in total. The summed E-state index contributed by atoms with van der Waals surface area (Å²) in [6, 6.07) is 5.26. The van der Waals surface area contributed by atoms with E-state index >= 15 is 0 Å². The summed E-state index contributed by atoms with van der Waals surface area (Å²) >= 11 is 0. The van der Waals surface area contributed by atoms with Crippen LogP contribution in [0.15, 0.2) is 24.4 Å².